The number of ether oxygens (including phenoxy) is 1. The van der Waals surface area contributed by atoms with Gasteiger partial charge in [0.05, 0.1) is 9.92 Å². The molecular weight excluding hydrogens is 472 g/mol. The molecule has 2 N–H and O–H groups in total. The van der Waals surface area contributed by atoms with Crippen molar-refractivity contribution in [2.45, 2.75) is 31.8 Å². The van der Waals surface area contributed by atoms with E-state index in [0.29, 0.717) is 18.1 Å². The zero-order chi connectivity index (χ0) is 24.6. The third kappa shape index (κ3) is 7.24. The predicted octanol–water partition coefficient (Wildman–Crippen LogP) is 2.07. The monoisotopic (exact) mass is 496 g/mol. The minimum absolute atomic E-state index is 0.0668. The number of anilines is 1. The molecule has 0 radical (unpaired) electrons. The molecular formula is C21H25ClN4O6S. The van der Waals surface area contributed by atoms with E-state index in [4.69, 9.17) is 16.3 Å². The highest BCUT2D eigenvalue weighted by molar-refractivity contribution is 7.89. The summed E-state index contributed by atoms with van der Waals surface area (Å²) in [4.78, 5) is 40.3. The molecule has 0 aliphatic heterocycles. The summed E-state index contributed by atoms with van der Waals surface area (Å²) in [5.74, 6) is -1.78. The maximum atomic E-state index is 12.5. The minimum Gasteiger partial charge on any atom is -0.451 e. The molecule has 1 unspecified atom stereocenters. The molecule has 0 aliphatic rings. The number of esters is 1. The van der Waals surface area contributed by atoms with Crippen molar-refractivity contribution in [1.82, 2.24) is 14.6 Å². The van der Waals surface area contributed by atoms with Gasteiger partial charge in [0, 0.05) is 24.8 Å². The van der Waals surface area contributed by atoms with Gasteiger partial charge in [-0.1, -0.05) is 25.4 Å². The second kappa shape index (κ2) is 11.7. The summed E-state index contributed by atoms with van der Waals surface area (Å²) in [5, 5.41) is 5.25. The first-order valence-electron chi connectivity index (χ1n) is 10.1. The van der Waals surface area contributed by atoms with Crippen LogP contribution >= 0.6 is 11.6 Å². The number of sulfonamides is 1. The second-order valence-electron chi connectivity index (χ2n) is 6.78. The Labute approximate surface area is 197 Å². The highest BCUT2D eigenvalue weighted by Gasteiger charge is 2.22. The van der Waals surface area contributed by atoms with Crippen molar-refractivity contribution in [3.8, 4) is 0 Å². The van der Waals surface area contributed by atoms with Gasteiger partial charge in [-0.2, -0.15) is 4.31 Å². The van der Waals surface area contributed by atoms with Gasteiger partial charge in [-0.15, -0.1) is 0 Å². The van der Waals surface area contributed by atoms with Crippen LogP contribution in [0.1, 0.15) is 31.1 Å². The first kappa shape index (κ1) is 26.2. The molecule has 1 atom stereocenters. The molecule has 0 spiro atoms. The van der Waals surface area contributed by atoms with Gasteiger partial charge in [-0.05, 0) is 43.3 Å². The maximum Gasteiger partial charge on any atom is 0.326 e. The van der Waals surface area contributed by atoms with Crippen LogP contribution in [0.15, 0.2) is 47.5 Å². The van der Waals surface area contributed by atoms with Crippen LogP contribution in [-0.2, 0) is 24.3 Å². The molecule has 33 heavy (non-hydrogen) atoms. The highest BCUT2D eigenvalue weighted by Crippen LogP contribution is 2.16. The Hall–Kier alpha value is -3.02. The summed E-state index contributed by atoms with van der Waals surface area (Å²) in [7, 11) is -3.64. The zero-order valence-electron chi connectivity index (χ0n) is 18.4. The summed E-state index contributed by atoms with van der Waals surface area (Å²) in [6, 6.07) is 8.41. The fraction of sp³-hybridized carbons (Fsp3) is 0.333. The van der Waals surface area contributed by atoms with E-state index in [1.165, 1.54) is 47.8 Å². The summed E-state index contributed by atoms with van der Waals surface area (Å²) >= 11 is 5.73. The van der Waals surface area contributed by atoms with Gasteiger partial charge in [0.15, 0.2) is 6.10 Å². The van der Waals surface area contributed by atoms with Crippen molar-refractivity contribution in [2.24, 2.45) is 0 Å². The number of amides is 2. The average molecular weight is 497 g/mol. The molecule has 0 aliphatic carbocycles. The van der Waals surface area contributed by atoms with E-state index in [9.17, 15) is 22.8 Å². The van der Waals surface area contributed by atoms with Gasteiger partial charge in [0.25, 0.3) is 11.8 Å². The number of hydrogen-bond acceptors (Lipinski definition) is 7. The number of carbonyl (C=O) groups excluding carboxylic acids is 3. The van der Waals surface area contributed by atoms with Crippen molar-refractivity contribution in [3.63, 3.8) is 0 Å². The number of benzene rings is 1. The van der Waals surface area contributed by atoms with Gasteiger partial charge in [-0.25, -0.2) is 13.4 Å². The molecule has 10 nitrogen and oxygen atoms in total. The van der Waals surface area contributed by atoms with Crippen LogP contribution in [0, 0.1) is 0 Å². The van der Waals surface area contributed by atoms with Crippen molar-refractivity contribution < 1.29 is 27.5 Å². The van der Waals surface area contributed by atoms with Crippen LogP contribution < -0.4 is 10.6 Å². The first-order valence-corrected chi connectivity index (χ1v) is 11.9. The van der Waals surface area contributed by atoms with Gasteiger partial charge >= 0.3 is 5.97 Å². The Morgan fingerprint density at radius 1 is 1.09 bits per heavy atom. The van der Waals surface area contributed by atoms with Crippen LogP contribution in [0.2, 0.25) is 5.02 Å². The van der Waals surface area contributed by atoms with Gasteiger partial charge in [-0.3, -0.25) is 14.4 Å². The zero-order valence-corrected chi connectivity index (χ0v) is 19.9. The van der Waals surface area contributed by atoms with E-state index < -0.39 is 40.5 Å². The topological polar surface area (TPSA) is 135 Å². The third-order valence-electron chi connectivity index (χ3n) is 4.51. The van der Waals surface area contributed by atoms with Gasteiger partial charge < -0.3 is 15.4 Å². The van der Waals surface area contributed by atoms with E-state index in [2.05, 4.69) is 15.6 Å². The number of rotatable bonds is 10. The number of hydrogen-bond donors (Lipinski definition) is 2. The van der Waals surface area contributed by atoms with Crippen molar-refractivity contribution in [2.75, 3.05) is 25.0 Å². The Kier molecular flexibility index (Phi) is 9.32. The quantitative estimate of drug-likeness (QED) is 0.480. The summed E-state index contributed by atoms with van der Waals surface area (Å²) in [6.07, 6.45) is 0.228. The van der Waals surface area contributed by atoms with Gasteiger partial charge in [0.2, 0.25) is 10.0 Å². The van der Waals surface area contributed by atoms with Gasteiger partial charge in [0.1, 0.15) is 12.4 Å². The number of aromatic nitrogens is 1. The summed E-state index contributed by atoms with van der Waals surface area (Å²) < 4.78 is 31.3. The lowest BCUT2D eigenvalue weighted by Crippen LogP contribution is -2.36. The van der Waals surface area contributed by atoms with Crippen LogP contribution in [0.5, 0.6) is 0 Å². The first-order chi connectivity index (χ1) is 15.6. The lowest BCUT2D eigenvalue weighted by Gasteiger charge is -2.18. The molecule has 1 heterocycles. The highest BCUT2D eigenvalue weighted by atomic mass is 35.5. The molecule has 1 aromatic carbocycles. The van der Waals surface area contributed by atoms with Crippen LogP contribution in [0.4, 0.5) is 5.82 Å². The van der Waals surface area contributed by atoms with Crippen molar-refractivity contribution in [1.29, 1.82) is 0 Å². The molecule has 1 aromatic heterocycles. The predicted molar refractivity (Wildman–Crippen MR) is 122 cm³/mol. The number of nitrogens with one attached hydrogen (secondary N) is 2. The van der Waals surface area contributed by atoms with E-state index in [1.807, 2.05) is 0 Å². The summed E-state index contributed by atoms with van der Waals surface area (Å²) in [5.41, 5.74) is 0.168. The maximum absolute atomic E-state index is 12.5. The van der Waals surface area contributed by atoms with E-state index in [-0.39, 0.29) is 16.3 Å². The SMILES string of the molecule is CCN(CC)S(=O)(=O)c1ccc(C(=O)NCC(=O)OC(C)C(=O)Nc2ccc(Cl)cn2)cc1. The molecule has 0 bridgehead atoms. The van der Waals surface area contributed by atoms with Crippen LogP contribution in [0.25, 0.3) is 0 Å². The lowest BCUT2D eigenvalue weighted by molar-refractivity contribution is -0.152. The molecule has 12 heteroatoms. The number of nitrogens with zero attached hydrogens (tertiary/aromatic N) is 2. The molecule has 2 aromatic rings. The van der Waals surface area contributed by atoms with E-state index >= 15 is 0 Å². The largest absolute Gasteiger partial charge is 0.451 e. The van der Waals surface area contributed by atoms with Crippen molar-refractivity contribution in [3.05, 3.63) is 53.2 Å². The fourth-order valence-corrected chi connectivity index (χ4v) is 4.29. The Morgan fingerprint density at radius 2 is 1.73 bits per heavy atom. The van der Waals surface area contributed by atoms with Crippen LogP contribution in [0.3, 0.4) is 0 Å². The second-order valence-corrected chi connectivity index (χ2v) is 9.15. The molecule has 0 saturated heterocycles. The Morgan fingerprint density at radius 3 is 2.27 bits per heavy atom. The lowest BCUT2D eigenvalue weighted by atomic mass is 10.2. The third-order valence-corrected chi connectivity index (χ3v) is 6.80. The number of halogens is 1. The van der Waals surface area contributed by atoms with E-state index in [0.717, 1.165) is 0 Å². The molecule has 2 rings (SSSR count). The molecule has 2 amide bonds. The standard InChI is InChI=1S/C21H25ClN4O6S/c1-4-26(5-2)33(30,31)17-9-6-15(7-10-17)21(29)24-13-19(27)32-14(3)20(28)25-18-11-8-16(22)12-23-18/h6-12,14H,4-5,13H2,1-3H3,(H,24,29)(H,23,25,28). The smallest absolute Gasteiger partial charge is 0.326 e. The minimum atomic E-state index is -3.64. The normalized spacial score (nSPS) is 12.2. The molecule has 0 saturated carbocycles. The van der Waals surface area contributed by atoms with E-state index in [1.54, 1.807) is 19.9 Å². The summed E-state index contributed by atoms with van der Waals surface area (Å²) in [6.45, 7) is 5.03. The molecule has 178 valence electrons. The molecule has 0 fully saturated rings. The Bertz CT molecular complexity index is 1090. The number of pyridine rings is 1. The number of carbonyl (C=O) groups is 3. The fourth-order valence-electron chi connectivity index (χ4n) is 2.72. The van der Waals surface area contributed by atoms with Crippen LogP contribution in [-0.4, -0.2) is 61.2 Å². The average Bonchev–Trinajstić information content (AvgIpc) is 2.79. The Balaban J connectivity index is 1.87. The van der Waals surface area contributed by atoms with Crippen molar-refractivity contribution >= 4 is 45.2 Å².